The number of nitrogens with zero attached hydrogens (tertiary/aromatic N) is 1. The second-order valence-electron chi connectivity index (χ2n) is 14.1. The number of ether oxygens (including phenoxy) is 1. The van der Waals surface area contributed by atoms with Crippen molar-refractivity contribution in [3.63, 3.8) is 0 Å². The fourth-order valence-corrected chi connectivity index (χ4v) is 8.87. The molecule has 2 aliphatic heterocycles. The van der Waals surface area contributed by atoms with E-state index in [0.717, 1.165) is 84.6 Å². The lowest BCUT2D eigenvalue weighted by Gasteiger charge is -2.43. The molecule has 0 spiro atoms. The highest BCUT2D eigenvalue weighted by Crippen LogP contribution is 2.51. The molecule has 0 bridgehead atoms. The molecule has 8 heteroatoms. The van der Waals surface area contributed by atoms with Crippen LogP contribution in [-0.2, 0) is 14.2 Å². The van der Waals surface area contributed by atoms with Crippen molar-refractivity contribution in [3.05, 3.63) is 89.0 Å². The number of hydrogen-bond acceptors (Lipinski definition) is 6. The number of allylic oxidation sites excluding steroid dienone is 1. The van der Waals surface area contributed by atoms with E-state index in [4.69, 9.17) is 9.39 Å². The molecule has 7 nitrogen and oxygen atoms in total. The quantitative estimate of drug-likeness (QED) is 0.133. The number of para-hydroxylation sites is 1. The molecule has 3 fully saturated rings. The lowest BCUT2D eigenvalue weighted by Crippen LogP contribution is -2.47. The number of rotatable bonds is 10. The van der Waals surface area contributed by atoms with Gasteiger partial charge in [0.25, 0.3) is 0 Å². The number of likely N-dealkylation sites (tertiary alicyclic amines) is 1. The van der Waals surface area contributed by atoms with Crippen LogP contribution in [0.25, 0.3) is 16.8 Å². The molecule has 4 atom stereocenters. The zero-order chi connectivity index (χ0) is 33.2. The van der Waals surface area contributed by atoms with Crippen LogP contribution in [0.1, 0.15) is 76.7 Å². The lowest BCUT2D eigenvalue weighted by atomic mass is 9.58. The minimum Gasteiger partial charge on any atom is -0.507 e. The zero-order valence-corrected chi connectivity index (χ0v) is 27.9. The third kappa shape index (κ3) is 6.45. The van der Waals surface area contributed by atoms with Crippen LogP contribution in [0, 0.1) is 17.8 Å². The van der Waals surface area contributed by atoms with Crippen molar-refractivity contribution >= 4 is 35.8 Å². The standard InChI is InChI=1S/C40H46BNO6/c1-2-11-26(22-27-19-20-35(43)32-17-10-9-16-31(27)32)18-21-36-37-28(25-47-30-14-7-4-8-15-30)23-33-38(34(37)24-41(46)48-36)40(45)42(39(33)44)29-12-5-3-6-13-29/h4,7-10,14-17,19-20,22,29,33-34,36,38,43,46H,2-3,5-6,11-13,18,21,23-25H2,1H3/b26-22+/t33-,34+,36-,38-/m1/s1. The van der Waals surface area contributed by atoms with Crippen LogP contribution in [-0.4, -0.2) is 52.7 Å². The van der Waals surface area contributed by atoms with Gasteiger partial charge < -0.3 is 19.5 Å². The molecule has 0 aromatic heterocycles. The third-order valence-corrected chi connectivity index (χ3v) is 11.0. The summed E-state index contributed by atoms with van der Waals surface area (Å²) in [4.78, 5) is 29.8. The van der Waals surface area contributed by atoms with Crippen molar-refractivity contribution in [3.8, 4) is 11.5 Å². The second kappa shape index (κ2) is 14.3. The Morgan fingerprint density at radius 3 is 2.46 bits per heavy atom. The zero-order valence-electron chi connectivity index (χ0n) is 27.9. The molecule has 3 aromatic rings. The molecule has 0 unspecified atom stereocenters. The smallest absolute Gasteiger partial charge is 0.455 e. The number of amides is 2. The highest BCUT2D eigenvalue weighted by molar-refractivity contribution is 6.43. The number of carbonyl (C=O) groups is 2. The van der Waals surface area contributed by atoms with Crippen molar-refractivity contribution in [1.29, 1.82) is 0 Å². The Labute approximate surface area is 283 Å². The van der Waals surface area contributed by atoms with E-state index >= 15 is 0 Å². The molecule has 7 rings (SSSR count). The Balaban J connectivity index is 1.20. The predicted octanol–water partition coefficient (Wildman–Crippen LogP) is 7.72. The van der Waals surface area contributed by atoms with E-state index in [0.29, 0.717) is 25.8 Å². The Morgan fingerprint density at radius 1 is 0.938 bits per heavy atom. The van der Waals surface area contributed by atoms with Gasteiger partial charge in [-0.3, -0.25) is 14.5 Å². The number of phenols is 1. The van der Waals surface area contributed by atoms with Gasteiger partial charge in [0.2, 0.25) is 11.8 Å². The molecule has 250 valence electrons. The summed E-state index contributed by atoms with van der Waals surface area (Å²) < 4.78 is 12.6. The number of carbonyl (C=O) groups excluding carboxylic acids is 2. The lowest BCUT2D eigenvalue weighted by molar-refractivity contribution is -0.143. The van der Waals surface area contributed by atoms with E-state index in [9.17, 15) is 19.7 Å². The Morgan fingerprint density at radius 2 is 1.69 bits per heavy atom. The SMILES string of the molecule is CCC/C(=C\c1ccc(O)c2ccccc12)CC[C@H]1OB(O)C[C@H]2C1=C(COc1ccccc1)C[C@H]1C(=O)N(C3CCCCC3)C(=O)[C@H]12. The molecule has 3 aromatic carbocycles. The summed E-state index contributed by atoms with van der Waals surface area (Å²) in [6.45, 7) is 2.49. The highest BCUT2D eigenvalue weighted by atomic mass is 16.5. The number of benzene rings is 3. The van der Waals surface area contributed by atoms with Gasteiger partial charge in [-0.05, 0) is 91.1 Å². The molecular weight excluding hydrogens is 601 g/mol. The van der Waals surface area contributed by atoms with Crippen LogP contribution in [0.4, 0.5) is 0 Å². The third-order valence-electron chi connectivity index (χ3n) is 11.0. The predicted molar refractivity (Wildman–Crippen MR) is 188 cm³/mol. The highest BCUT2D eigenvalue weighted by Gasteiger charge is 2.58. The van der Waals surface area contributed by atoms with Crippen molar-refractivity contribution in [2.75, 3.05) is 6.61 Å². The van der Waals surface area contributed by atoms with Crippen molar-refractivity contribution in [2.45, 2.75) is 89.6 Å². The van der Waals surface area contributed by atoms with Crippen molar-refractivity contribution < 1.29 is 29.1 Å². The van der Waals surface area contributed by atoms with Crippen molar-refractivity contribution in [2.24, 2.45) is 17.8 Å². The average Bonchev–Trinajstić information content (AvgIpc) is 3.36. The average molecular weight is 648 g/mol. The first-order chi connectivity index (χ1) is 23.4. The van der Waals surface area contributed by atoms with Gasteiger partial charge in [0.05, 0.1) is 17.9 Å². The van der Waals surface area contributed by atoms with E-state index in [1.165, 1.54) is 5.57 Å². The van der Waals surface area contributed by atoms with Crippen LogP contribution in [0.5, 0.6) is 11.5 Å². The molecule has 2 aliphatic carbocycles. The topological polar surface area (TPSA) is 96.3 Å². The van der Waals surface area contributed by atoms with Gasteiger partial charge in [0, 0.05) is 11.4 Å². The largest absolute Gasteiger partial charge is 0.507 e. The van der Waals surface area contributed by atoms with E-state index in [-0.39, 0.29) is 29.5 Å². The van der Waals surface area contributed by atoms with Crippen LogP contribution in [0.15, 0.2) is 83.4 Å². The van der Waals surface area contributed by atoms with Crippen LogP contribution >= 0.6 is 0 Å². The van der Waals surface area contributed by atoms with E-state index < -0.39 is 25.1 Å². The molecule has 48 heavy (non-hydrogen) atoms. The minimum absolute atomic E-state index is 0.0184. The van der Waals surface area contributed by atoms with E-state index in [1.54, 1.807) is 11.0 Å². The number of imide groups is 1. The Kier molecular flexibility index (Phi) is 9.74. The summed E-state index contributed by atoms with van der Waals surface area (Å²) in [5, 5.41) is 23.4. The number of aromatic hydroxyl groups is 1. The maximum Gasteiger partial charge on any atom is 0.455 e. The van der Waals surface area contributed by atoms with E-state index in [1.807, 2.05) is 60.7 Å². The summed E-state index contributed by atoms with van der Waals surface area (Å²) in [7, 11) is -1.01. The van der Waals surface area contributed by atoms with Crippen LogP contribution in [0.3, 0.4) is 0 Å². The minimum atomic E-state index is -1.01. The van der Waals surface area contributed by atoms with Gasteiger partial charge in [0.15, 0.2) is 0 Å². The molecule has 1 saturated carbocycles. The monoisotopic (exact) mass is 647 g/mol. The molecule has 2 amide bonds. The Bertz CT molecular complexity index is 1710. The summed E-state index contributed by atoms with van der Waals surface area (Å²) in [5.74, 6) is -0.232. The first-order valence-corrected chi connectivity index (χ1v) is 17.9. The number of fused-ring (bicyclic) bond motifs is 4. The normalized spacial score (nSPS) is 25.1. The van der Waals surface area contributed by atoms with Gasteiger partial charge in [-0.1, -0.05) is 92.8 Å². The molecule has 2 heterocycles. The summed E-state index contributed by atoms with van der Waals surface area (Å²) >= 11 is 0. The fraction of sp³-hybridized carbons (Fsp3) is 0.450. The molecular formula is C40H46BNO6. The summed E-state index contributed by atoms with van der Waals surface area (Å²) in [6, 6.07) is 21.3. The number of phenolic OH excluding ortho intramolecular Hbond substituents is 1. The second-order valence-corrected chi connectivity index (χ2v) is 14.1. The summed E-state index contributed by atoms with van der Waals surface area (Å²) in [6.07, 6.45) is 10.9. The maximum atomic E-state index is 14.2. The van der Waals surface area contributed by atoms with Gasteiger partial charge >= 0.3 is 7.12 Å². The van der Waals surface area contributed by atoms with Gasteiger partial charge in [0.1, 0.15) is 18.1 Å². The molecule has 2 saturated heterocycles. The Hall–Kier alpha value is -3.88. The first-order valence-electron chi connectivity index (χ1n) is 17.9. The molecule has 2 N–H and O–H groups in total. The van der Waals surface area contributed by atoms with Crippen LogP contribution < -0.4 is 4.74 Å². The molecule has 4 aliphatic rings. The molecule has 0 radical (unpaired) electrons. The first kappa shape index (κ1) is 32.7. The fourth-order valence-electron chi connectivity index (χ4n) is 8.87. The van der Waals surface area contributed by atoms with Crippen molar-refractivity contribution in [1.82, 2.24) is 4.90 Å². The van der Waals surface area contributed by atoms with Gasteiger partial charge in [-0.25, -0.2) is 0 Å². The number of hydrogen-bond donors (Lipinski definition) is 2. The summed E-state index contributed by atoms with van der Waals surface area (Å²) in [5.41, 5.74) is 4.40. The van der Waals surface area contributed by atoms with Gasteiger partial charge in [-0.2, -0.15) is 0 Å². The van der Waals surface area contributed by atoms with E-state index in [2.05, 4.69) is 13.0 Å². The van der Waals surface area contributed by atoms with Gasteiger partial charge in [-0.15, -0.1) is 0 Å². The van der Waals surface area contributed by atoms with Crippen LogP contribution in [0.2, 0.25) is 6.32 Å². The maximum absolute atomic E-state index is 14.2.